The molecule has 0 unspecified atom stereocenters. The zero-order valence-electron chi connectivity index (χ0n) is 16.6. The van der Waals surface area contributed by atoms with Gasteiger partial charge in [-0.25, -0.2) is 0 Å². The number of aromatic nitrogens is 2. The first-order valence-corrected chi connectivity index (χ1v) is 9.86. The highest BCUT2D eigenvalue weighted by atomic mass is 16.2. The molecule has 1 saturated heterocycles. The van der Waals surface area contributed by atoms with Gasteiger partial charge < -0.3 is 19.4 Å². The number of hydrogen-bond donors (Lipinski definition) is 1. The summed E-state index contributed by atoms with van der Waals surface area (Å²) in [6.45, 7) is 7.12. The summed E-state index contributed by atoms with van der Waals surface area (Å²) < 4.78 is 1.42. The number of para-hydroxylation sites is 1. The van der Waals surface area contributed by atoms with Gasteiger partial charge in [0.25, 0.3) is 5.91 Å². The van der Waals surface area contributed by atoms with Crippen LogP contribution in [0, 0.1) is 6.92 Å². The van der Waals surface area contributed by atoms with Gasteiger partial charge in [-0.15, -0.1) is 0 Å². The second-order valence-electron chi connectivity index (χ2n) is 7.30. The maximum atomic E-state index is 13.0. The van der Waals surface area contributed by atoms with Crippen LogP contribution in [0.1, 0.15) is 22.8 Å². The summed E-state index contributed by atoms with van der Waals surface area (Å²) in [6, 6.07) is 13.4. The maximum absolute atomic E-state index is 13.0. The van der Waals surface area contributed by atoms with Gasteiger partial charge in [-0.1, -0.05) is 18.2 Å². The number of H-pyrrole nitrogens is 1. The van der Waals surface area contributed by atoms with E-state index in [1.165, 1.54) is 15.8 Å². The van der Waals surface area contributed by atoms with Crippen LogP contribution in [0.3, 0.4) is 0 Å². The van der Waals surface area contributed by atoms with Gasteiger partial charge in [-0.05, 0) is 43.7 Å². The summed E-state index contributed by atoms with van der Waals surface area (Å²) in [4.78, 5) is 43.6. The number of aryl methyl sites for hydroxylation is 2. The van der Waals surface area contributed by atoms with Crippen LogP contribution in [0.5, 0.6) is 0 Å². The first-order chi connectivity index (χ1) is 14.0. The molecule has 3 aromatic rings. The molecule has 1 aliphatic heterocycles. The summed E-state index contributed by atoms with van der Waals surface area (Å²) in [5.41, 5.74) is 2.83. The van der Waals surface area contributed by atoms with E-state index in [0.29, 0.717) is 36.2 Å². The fraction of sp³-hybridized carbons (Fsp3) is 0.318. The highest BCUT2D eigenvalue weighted by Crippen LogP contribution is 2.22. The molecule has 0 bridgehead atoms. The molecule has 2 heterocycles. The molecule has 1 aliphatic rings. The number of rotatable bonds is 3. The summed E-state index contributed by atoms with van der Waals surface area (Å²) in [5, 5.41) is 0. The van der Waals surface area contributed by atoms with Crippen LogP contribution in [-0.2, 0) is 6.54 Å². The molecule has 29 heavy (non-hydrogen) atoms. The lowest BCUT2D eigenvalue weighted by Gasteiger charge is -2.36. The number of anilines is 1. The Labute approximate surface area is 168 Å². The first kappa shape index (κ1) is 19.0. The number of piperazine rings is 1. The number of hydrogen-bond acceptors (Lipinski definition) is 4. The minimum absolute atomic E-state index is 0.0635. The minimum atomic E-state index is -0.671. The second kappa shape index (κ2) is 7.58. The molecule has 150 valence electrons. The topological polar surface area (TPSA) is 78.4 Å². The highest BCUT2D eigenvalue weighted by Gasteiger charge is 2.23. The number of fused-ring (bicyclic) bond motifs is 1. The lowest BCUT2D eigenvalue weighted by Crippen LogP contribution is -2.49. The van der Waals surface area contributed by atoms with Crippen LogP contribution in [0.2, 0.25) is 0 Å². The Morgan fingerprint density at radius 3 is 2.45 bits per heavy atom. The largest absolute Gasteiger partial charge is 0.368 e. The Morgan fingerprint density at radius 1 is 1.03 bits per heavy atom. The van der Waals surface area contributed by atoms with Gasteiger partial charge in [0.05, 0.1) is 11.0 Å². The van der Waals surface area contributed by atoms with Crippen molar-refractivity contribution in [1.29, 1.82) is 0 Å². The first-order valence-electron chi connectivity index (χ1n) is 9.86. The van der Waals surface area contributed by atoms with Crippen LogP contribution in [0.25, 0.3) is 11.0 Å². The van der Waals surface area contributed by atoms with Gasteiger partial charge in [0.1, 0.15) is 0 Å². The lowest BCUT2D eigenvalue weighted by atomic mass is 10.1. The van der Waals surface area contributed by atoms with Gasteiger partial charge in [-0.2, -0.15) is 0 Å². The van der Waals surface area contributed by atoms with E-state index in [-0.39, 0.29) is 5.91 Å². The predicted octanol–water partition coefficient (Wildman–Crippen LogP) is 1.98. The average Bonchev–Trinajstić information content (AvgIpc) is 2.74. The molecule has 0 spiro atoms. The van der Waals surface area contributed by atoms with Crippen LogP contribution in [0.4, 0.5) is 5.69 Å². The molecule has 0 atom stereocenters. The molecule has 1 fully saturated rings. The molecular formula is C22H24N4O3. The molecule has 0 radical (unpaired) electrons. The molecule has 1 aromatic heterocycles. The highest BCUT2D eigenvalue weighted by molar-refractivity contribution is 5.97. The molecule has 7 heteroatoms. The van der Waals surface area contributed by atoms with Crippen molar-refractivity contribution in [3.05, 3.63) is 74.3 Å². The fourth-order valence-corrected chi connectivity index (χ4v) is 3.98. The number of nitrogens with one attached hydrogen (secondary N) is 1. The zero-order valence-corrected chi connectivity index (χ0v) is 16.6. The van der Waals surface area contributed by atoms with Crippen LogP contribution < -0.4 is 16.0 Å². The SMILES string of the molecule is CCn1c(=O)c(=O)[nH]c2cc(C(=O)N3CCN(c4ccccc4C)CC3)ccc21. The van der Waals surface area contributed by atoms with Crippen molar-refractivity contribution in [2.45, 2.75) is 20.4 Å². The zero-order chi connectivity index (χ0) is 20.5. The quantitative estimate of drug-likeness (QED) is 0.692. The third-order valence-electron chi connectivity index (χ3n) is 5.56. The fourth-order valence-electron chi connectivity index (χ4n) is 3.98. The van der Waals surface area contributed by atoms with Crippen molar-refractivity contribution < 1.29 is 4.79 Å². The summed E-state index contributed by atoms with van der Waals surface area (Å²) >= 11 is 0. The smallest absolute Gasteiger partial charge is 0.316 e. The van der Waals surface area contributed by atoms with Crippen molar-refractivity contribution in [1.82, 2.24) is 14.5 Å². The van der Waals surface area contributed by atoms with E-state index in [1.807, 2.05) is 24.0 Å². The van der Waals surface area contributed by atoms with Crippen LogP contribution >= 0.6 is 0 Å². The van der Waals surface area contributed by atoms with Crippen molar-refractivity contribution in [3.8, 4) is 0 Å². The number of carbonyl (C=O) groups excluding carboxylic acids is 1. The Morgan fingerprint density at radius 2 is 1.76 bits per heavy atom. The summed E-state index contributed by atoms with van der Waals surface area (Å²) in [6.07, 6.45) is 0. The molecule has 2 aromatic carbocycles. The van der Waals surface area contributed by atoms with Crippen molar-refractivity contribution >= 4 is 22.6 Å². The van der Waals surface area contributed by atoms with E-state index in [4.69, 9.17) is 0 Å². The van der Waals surface area contributed by atoms with Gasteiger partial charge in [0.15, 0.2) is 0 Å². The van der Waals surface area contributed by atoms with E-state index in [9.17, 15) is 14.4 Å². The monoisotopic (exact) mass is 392 g/mol. The molecule has 0 saturated carbocycles. The lowest BCUT2D eigenvalue weighted by molar-refractivity contribution is 0.0747. The molecule has 0 aliphatic carbocycles. The molecular weight excluding hydrogens is 368 g/mol. The molecule has 4 rings (SSSR count). The number of aromatic amines is 1. The molecule has 1 amide bonds. The van der Waals surface area contributed by atoms with Crippen molar-refractivity contribution in [2.24, 2.45) is 0 Å². The third kappa shape index (κ3) is 3.44. The standard InChI is InChI=1S/C22H24N4O3/c1-3-26-19-9-8-16(14-17(19)23-20(27)22(26)29)21(28)25-12-10-24(11-13-25)18-7-5-4-6-15(18)2/h4-9,14H,3,10-13H2,1-2H3,(H,23,27). The number of carbonyl (C=O) groups is 1. The summed E-state index contributed by atoms with van der Waals surface area (Å²) in [7, 11) is 0. The normalized spacial score (nSPS) is 14.4. The van der Waals surface area contributed by atoms with E-state index in [0.717, 1.165) is 13.1 Å². The Balaban J connectivity index is 1.55. The van der Waals surface area contributed by atoms with E-state index in [1.54, 1.807) is 18.2 Å². The third-order valence-corrected chi connectivity index (χ3v) is 5.56. The average molecular weight is 392 g/mol. The number of nitrogens with zero attached hydrogens (tertiary/aromatic N) is 3. The Kier molecular flexibility index (Phi) is 4.96. The van der Waals surface area contributed by atoms with Gasteiger partial charge >= 0.3 is 11.1 Å². The van der Waals surface area contributed by atoms with E-state index < -0.39 is 11.1 Å². The molecule has 7 nitrogen and oxygen atoms in total. The van der Waals surface area contributed by atoms with E-state index in [2.05, 4.69) is 28.9 Å². The van der Waals surface area contributed by atoms with Gasteiger partial charge in [-0.3, -0.25) is 14.4 Å². The van der Waals surface area contributed by atoms with Crippen LogP contribution in [0.15, 0.2) is 52.1 Å². The van der Waals surface area contributed by atoms with E-state index >= 15 is 0 Å². The maximum Gasteiger partial charge on any atom is 0.316 e. The van der Waals surface area contributed by atoms with Crippen molar-refractivity contribution in [3.63, 3.8) is 0 Å². The minimum Gasteiger partial charge on any atom is -0.368 e. The number of benzene rings is 2. The number of amides is 1. The second-order valence-corrected chi connectivity index (χ2v) is 7.30. The predicted molar refractivity (Wildman–Crippen MR) is 114 cm³/mol. The summed E-state index contributed by atoms with van der Waals surface area (Å²) in [5.74, 6) is -0.0635. The Bertz CT molecular complexity index is 1190. The van der Waals surface area contributed by atoms with Gasteiger partial charge in [0.2, 0.25) is 0 Å². The Hall–Kier alpha value is -3.35. The van der Waals surface area contributed by atoms with Gasteiger partial charge in [0, 0.05) is 44.0 Å². The van der Waals surface area contributed by atoms with Crippen LogP contribution in [-0.4, -0.2) is 46.5 Å². The van der Waals surface area contributed by atoms with Crippen molar-refractivity contribution in [2.75, 3.05) is 31.1 Å². The molecule has 1 N–H and O–H groups in total.